The van der Waals surface area contributed by atoms with Gasteiger partial charge in [0.1, 0.15) is 6.10 Å². The van der Waals surface area contributed by atoms with Gasteiger partial charge in [0.15, 0.2) is 0 Å². The third kappa shape index (κ3) is 3.92. The zero-order valence-corrected chi connectivity index (χ0v) is 7.24. The molecule has 0 fully saturated rings. The van der Waals surface area contributed by atoms with Gasteiger partial charge in [-0.15, -0.1) is 0 Å². The van der Waals surface area contributed by atoms with Crippen molar-refractivity contribution < 1.29 is 14.3 Å². The van der Waals surface area contributed by atoms with Crippen LogP contribution in [-0.2, 0) is 14.3 Å². The molecule has 0 unspecified atom stereocenters. The zero-order chi connectivity index (χ0) is 9.40. The Kier molecular flexibility index (Phi) is 6.00. The fraction of sp³-hybridized carbons (Fsp3) is 0.714. The molecule has 0 spiro atoms. The van der Waals surface area contributed by atoms with Gasteiger partial charge in [0.05, 0.1) is 6.04 Å². The van der Waals surface area contributed by atoms with Crippen LogP contribution in [0.4, 0.5) is 0 Å². The highest BCUT2D eigenvalue weighted by Gasteiger charge is 2.14. The smallest absolute Gasteiger partial charge is 0.293 e. The highest BCUT2D eigenvalue weighted by Crippen LogP contribution is 2.00. The van der Waals surface area contributed by atoms with E-state index in [1.54, 1.807) is 6.92 Å². The Morgan fingerprint density at radius 2 is 2.17 bits per heavy atom. The van der Waals surface area contributed by atoms with Crippen LogP contribution in [0.25, 0.3) is 0 Å². The molecule has 0 bridgehead atoms. The van der Waals surface area contributed by atoms with Crippen LogP contribution in [0.1, 0.15) is 20.3 Å². The predicted molar refractivity (Wildman–Crippen MR) is 43.0 cm³/mol. The van der Waals surface area contributed by atoms with Crippen LogP contribution < -0.4 is 10.9 Å². The van der Waals surface area contributed by atoms with E-state index in [9.17, 15) is 9.59 Å². The molecular weight excluding hydrogens is 160 g/mol. The van der Waals surface area contributed by atoms with E-state index >= 15 is 0 Å². The number of carbonyl (C=O) groups excluding carboxylic acids is 2. The lowest BCUT2D eigenvalue weighted by Gasteiger charge is -2.21. The highest BCUT2D eigenvalue weighted by atomic mass is 16.5. The van der Waals surface area contributed by atoms with Crippen LogP contribution in [0.2, 0.25) is 0 Å². The second kappa shape index (κ2) is 6.60. The molecule has 0 heterocycles. The van der Waals surface area contributed by atoms with Crippen molar-refractivity contribution in [1.82, 2.24) is 10.9 Å². The van der Waals surface area contributed by atoms with E-state index in [0.717, 1.165) is 6.42 Å². The van der Waals surface area contributed by atoms with Crippen molar-refractivity contribution in [3.8, 4) is 0 Å². The lowest BCUT2D eigenvalue weighted by atomic mass is 10.1. The Bertz CT molecular complexity index is 141. The van der Waals surface area contributed by atoms with Gasteiger partial charge in [0, 0.05) is 0 Å². The lowest BCUT2D eigenvalue weighted by molar-refractivity contribution is -0.134. The normalized spacial score (nSPS) is 14.5. The minimum Gasteiger partial charge on any atom is -0.463 e. The molecule has 0 aromatic carbocycles. The van der Waals surface area contributed by atoms with Crippen LogP contribution in [0.5, 0.6) is 0 Å². The van der Waals surface area contributed by atoms with E-state index in [-0.39, 0.29) is 12.1 Å². The molecule has 70 valence electrons. The van der Waals surface area contributed by atoms with Gasteiger partial charge in [0.25, 0.3) is 6.47 Å². The third-order valence-corrected chi connectivity index (χ3v) is 1.60. The van der Waals surface area contributed by atoms with E-state index in [0.29, 0.717) is 12.9 Å². The summed E-state index contributed by atoms with van der Waals surface area (Å²) < 4.78 is 4.69. The second-order valence-corrected chi connectivity index (χ2v) is 2.36. The Balaban J connectivity index is 3.76. The fourth-order valence-corrected chi connectivity index (χ4v) is 0.875. The predicted octanol–water partition coefficient (Wildman–Crippen LogP) is -0.423. The summed E-state index contributed by atoms with van der Waals surface area (Å²) in [4.78, 5) is 19.9. The van der Waals surface area contributed by atoms with Crippen molar-refractivity contribution in [3.63, 3.8) is 0 Å². The quantitative estimate of drug-likeness (QED) is 0.406. The van der Waals surface area contributed by atoms with Gasteiger partial charge in [-0.3, -0.25) is 15.0 Å². The molecule has 0 saturated carbocycles. The molecule has 0 radical (unpaired) electrons. The average Bonchev–Trinajstić information content (AvgIpc) is 2.06. The van der Waals surface area contributed by atoms with Gasteiger partial charge in [-0.2, -0.15) is 0 Å². The van der Waals surface area contributed by atoms with Crippen LogP contribution in [-0.4, -0.2) is 25.0 Å². The first-order chi connectivity index (χ1) is 5.76. The largest absolute Gasteiger partial charge is 0.463 e. The summed E-state index contributed by atoms with van der Waals surface area (Å²) in [6.45, 7) is 4.08. The van der Waals surface area contributed by atoms with Crippen LogP contribution in [0.3, 0.4) is 0 Å². The maximum absolute atomic E-state index is 9.97. The van der Waals surface area contributed by atoms with Crippen molar-refractivity contribution in [2.45, 2.75) is 32.4 Å². The highest BCUT2D eigenvalue weighted by molar-refractivity contribution is 5.44. The average molecular weight is 174 g/mol. The molecule has 0 aliphatic carbocycles. The zero-order valence-electron chi connectivity index (χ0n) is 7.24. The van der Waals surface area contributed by atoms with Crippen LogP contribution in [0.15, 0.2) is 0 Å². The molecule has 0 saturated heterocycles. The van der Waals surface area contributed by atoms with Crippen molar-refractivity contribution in [1.29, 1.82) is 0 Å². The van der Waals surface area contributed by atoms with E-state index < -0.39 is 0 Å². The Morgan fingerprint density at radius 1 is 1.50 bits per heavy atom. The first kappa shape index (κ1) is 10.9. The molecule has 2 atom stereocenters. The van der Waals surface area contributed by atoms with Gasteiger partial charge in [-0.25, -0.2) is 5.43 Å². The van der Waals surface area contributed by atoms with E-state index in [4.69, 9.17) is 4.74 Å². The van der Waals surface area contributed by atoms with Crippen LogP contribution in [0, 0.1) is 0 Å². The summed E-state index contributed by atoms with van der Waals surface area (Å²) in [5, 5.41) is 0. The molecule has 5 nitrogen and oxygen atoms in total. The molecule has 0 rings (SSSR count). The van der Waals surface area contributed by atoms with Crippen molar-refractivity contribution in [2.75, 3.05) is 0 Å². The first-order valence-electron chi connectivity index (χ1n) is 3.80. The minimum absolute atomic E-state index is 0.0552. The van der Waals surface area contributed by atoms with Gasteiger partial charge in [-0.1, -0.05) is 6.92 Å². The fourth-order valence-electron chi connectivity index (χ4n) is 0.875. The summed E-state index contributed by atoms with van der Waals surface area (Å²) in [6.07, 6.45) is 1.05. The Labute approximate surface area is 71.4 Å². The number of hydrogen-bond donors (Lipinski definition) is 2. The molecule has 5 heteroatoms. The first-order valence-corrected chi connectivity index (χ1v) is 3.80. The summed E-state index contributed by atoms with van der Waals surface area (Å²) >= 11 is 0. The number of nitrogens with one attached hydrogen (secondary N) is 2. The van der Waals surface area contributed by atoms with Gasteiger partial charge in [-0.05, 0) is 13.3 Å². The molecule has 0 aliphatic rings. The standard InChI is InChI=1S/C7H14N2O3/c1-3-7(9-8-4-10)6(2)12-5-11/h4-7,9H,3H2,1-2H3,(H,8,10)/t6-,7-/m0/s1. The topological polar surface area (TPSA) is 67.4 Å². The molecule has 0 aliphatic heterocycles. The number of ether oxygens (including phenoxy) is 1. The van der Waals surface area contributed by atoms with Crippen molar-refractivity contribution >= 4 is 12.9 Å². The molecular formula is C7H14N2O3. The number of amides is 1. The monoisotopic (exact) mass is 174 g/mol. The lowest BCUT2D eigenvalue weighted by Crippen LogP contribution is -2.46. The minimum atomic E-state index is -0.250. The second-order valence-electron chi connectivity index (χ2n) is 2.36. The molecule has 2 N–H and O–H groups in total. The third-order valence-electron chi connectivity index (χ3n) is 1.60. The molecule has 1 amide bonds. The van der Waals surface area contributed by atoms with E-state index in [2.05, 4.69) is 10.9 Å². The number of carbonyl (C=O) groups is 2. The van der Waals surface area contributed by atoms with Gasteiger partial charge in [0.2, 0.25) is 6.41 Å². The van der Waals surface area contributed by atoms with Crippen molar-refractivity contribution in [3.05, 3.63) is 0 Å². The summed E-state index contributed by atoms with van der Waals surface area (Å²) in [5.74, 6) is 0. The summed E-state index contributed by atoms with van der Waals surface area (Å²) in [7, 11) is 0. The van der Waals surface area contributed by atoms with Crippen molar-refractivity contribution in [2.24, 2.45) is 0 Å². The Morgan fingerprint density at radius 3 is 2.58 bits per heavy atom. The summed E-state index contributed by atoms with van der Waals surface area (Å²) in [5.41, 5.74) is 5.01. The van der Waals surface area contributed by atoms with Crippen LogP contribution >= 0.6 is 0 Å². The van der Waals surface area contributed by atoms with Gasteiger partial charge >= 0.3 is 0 Å². The molecule has 0 aromatic heterocycles. The number of hydrogen-bond acceptors (Lipinski definition) is 4. The SMILES string of the molecule is CC[C@H](NNC=O)[C@H](C)OC=O. The molecule has 12 heavy (non-hydrogen) atoms. The Hall–Kier alpha value is -1.10. The van der Waals surface area contributed by atoms with E-state index in [1.165, 1.54) is 0 Å². The maximum atomic E-state index is 9.97. The number of hydrazine groups is 1. The van der Waals surface area contributed by atoms with Gasteiger partial charge < -0.3 is 4.74 Å². The maximum Gasteiger partial charge on any atom is 0.293 e. The molecule has 0 aromatic rings. The summed E-state index contributed by atoms with van der Waals surface area (Å²) in [6, 6.07) is -0.0552. The van der Waals surface area contributed by atoms with E-state index in [1.807, 2.05) is 6.92 Å². The number of rotatable bonds is 7.